The molecule has 104 valence electrons. The average molecular weight is 343 g/mol. The van der Waals surface area contributed by atoms with E-state index in [1.807, 2.05) is 25.2 Å². The summed E-state index contributed by atoms with van der Waals surface area (Å²) in [7, 11) is 2.03. The Balaban J connectivity index is 1.95. The van der Waals surface area contributed by atoms with E-state index in [-0.39, 0.29) is 0 Å². The molecule has 3 nitrogen and oxygen atoms in total. The van der Waals surface area contributed by atoms with Crippen LogP contribution in [-0.4, -0.2) is 31.8 Å². The van der Waals surface area contributed by atoms with Gasteiger partial charge in [-0.15, -0.1) is 0 Å². The summed E-state index contributed by atoms with van der Waals surface area (Å²) < 4.78 is 6.60. The molecule has 19 heavy (non-hydrogen) atoms. The number of ether oxygens (including phenoxy) is 1. The smallest absolute Gasteiger partial charge is 0.107 e. The summed E-state index contributed by atoms with van der Waals surface area (Å²) in [5.74, 6) is 0.809. The lowest BCUT2D eigenvalue weighted by atomic mass is 10.1. The summed E-state index contributed by atoms with van der Waals surface area (Å²) >= 11 is 8.62. The molecule has 0 unspecified atom stereocenters. The van der Waals surface area contributed by atoms with Crippen LogP contribution in [0, 0.1) is 5.92 Å². The fourth-order valence-corrected chi connectivity index (χ4v) is 2.85. The van der Waals surface area contributed by atoms with Gasteiger partial charge in [-0.05, 0) is 46.8 Å². The van der Waals surface area contributed by atoms with Gasteiger partial charge in [-0.1, -0.05) is 18.3 Å². The molecule has 1 saturated carbocycles. The molecular weight excluding hydrogens is 324 g/mol. The van der Waals surface area contributed by atoms with Gasteiger partial charge in [0.1, 0.15) is 4.99 Å². The molecule has 0 radical (unpaired) electrons. The van der Waals surface area contributed by atoms with Crippen molar-refractivity contribution >= 4 is 38.8 Å². The number of hydrogen-bond donors (Lipinski definition) is 1. The Morgan fingerprint density at radius 2 is 2.26 bits per heavy atom. The maximum absolute atomic E-state index is 5.80. The van der Waals surface area contributed by atoms with Gasteiger partial charge in [0, 0.05) is 35.9 Å². The quantitative estimate of drug-likeness (QED) is 0.610. The monoisotopic (exact) mass is 342 g/mol. The standard InChI is InChI=1S/C14H19BrN2OS/c1-17(7-8-18-9-10-5-6-10)12-4-2-3-11(15)13(12)14(16)19/h2-4,10H,5-9H2,1H3,(H2,16,19). The average Bonchev–Trinajstić information content (AvgIpc) is 3.17. The predicted molar refractivity (Wildman–Crippen MR) is 86.8 cm³/mol. The van der Waals surface area contributed by atoms with E-state index in [0.29, 0.717) is 4.99 Å². The van der Waals surface area contributed by atoms with Crippen molar-refractivity contribution in [1.29, 1.82) is 0 Å². The molecule has 1 aromatic carbocycles. The molecule has 0 aliphatic heterocycles. The highest BCUT2D eigenvalue weighted by atomic mass is 79.9. The molecular formula is C14H19BrN2OS. The van der Waals surface area contributed by atoms with E-state index in [0.717, 1.165) is 41.4 Å². The first-order valence-electron chi connectivity index (χ1n) is 6.46. The van der Waals surface area contributed by atoms with Crippen LogP contribution in [0.2, 0.25) is 0 Å². The Morgan fingerprint density at radius 1 is 1.53 bits per heavy atom. The molecule has 2 N–H and O–H groups in total. The minimum absolute atomic E-state index is 0.410. The number of rotatable bonds is 7. The maximum atomic E-state index is 5.80. The zero-order valence-electron chi connectivity index (χ0n) is 11.1. The number of anilines is 1. The number of thiocarbonyl (C=S) groups is 1. The summed E-state index contributed by atoms with van der Waals surface area (Å²) in [6, 6.07) is 5.97. The summed E-state index contributed by atoms with van der Waals surface area (Å²) in [5.41, 5.74) is 7.73. The predicted octanol–water partition coefficient (Wildman–Crippen LogP) is 2.95. The maximum Gasteiger partial charge on any atom is 0.107 e. The van der Waals surface area contributed by atoms with Gasteiger partial charge in [-0.2, -0.15) is 0 Å². The van der Waals surface area contributed by atoms with Gasteiger partial charge in [0.15, 0.2) is 0 Å². The van der Waals surface area contributed by atoms with Crippen LogP contribution in [0.5, 0.6) is 0 Å². The van der Waals surface area contributed by atoms with E-state index in [9.17, 15) is 0 Å². The number of nitrogens with zero attached hydrogens (tertiary/aromatic N) is 1. The zero-order valence-corrected chi connectivity index (χ0v) is 13.5. The molecule has 0 amide bonds. The number of likely N-dealkylation sites (N-methyl/N-ethyl adjacent to an activating group) is 1. The third-order valence-electron chi connectivity index (χ3n) is 3.27. The van der Waals surface area contributed by atoms with Gasteiger partial charge in [-0.3, -0.25) is 0 Å². The van der Waals surface area contributed by atoms with Crippen LogP contribution >= 0.6 is 28.1 Å². The highest BCUT2D eigenvalue weighted by Gasteiger charge is 2.21. The second-order valence-corrected chi connectivity index (χ2v) is 6.23. The fraction of sp³-hybridized carbons (Fsp3) is 0.500. The van der Waals surface area contributed by atoms with E-state index in [2.05, 4.69) is 20.8 Å². The third kappa shape index (κ3) is 4.16. The Morgan fingerprint density at radius 3 is 2.89 bits per heavy atom. The van der Waals surface area contributed by atoms with Gasteiger partial charge in [0.2, 0.25) is 0 Å². The van der Waals surface area contributed by atoms with Gasteiger partial charge in [0.25, 0.3) is 0 Å². The highest BCUT2D eigenvalue weighted by Crippen LogP contribution is 2.29. The van der Waals surface area contributed by atoms with Crippen LogP contribution in [0.25, 0.3) is 0 Å². The molecule has 0 spiro atoms. The molecule has 0 heterocycles. The van der Waals surface area contributed by atoms with Crippen molar-refractivity contribution < 1.29 is 4.74 Å². The molecule has 0 bridgehead atoms. The van der Waals surface area contributed by atoms with E-state index in [4.69, 9.17) is 22.7 Å². The normalized spacial score (nSPS) is 14.4. The molecule has 1 aliphatic rings. The molecule has 1 aliphatic carbocycles. The van der Waals surface area contributed by atoms with Gasteiger partial charge < -0.3 is 15.4 Å². The van der Waals surface area contributed by atoms with Crippen LogP contribution in [0.1, 0.15) is 18.4 Å². The number of halogens is 1. The summed E-state index contributed by atoms with van der Waals surface area (Å²) in [6.45, 7) is 2.46. The van der Waals surface area contributed by atoms with Crippen molar-refractivity contribution in [1.82, 2.24) is 0 Å². The summed E-state index contributed by atoms with van der Waals surface area (Å²) in [6.07, 6.45) is 2.65. The van der Waals surface area contributed by atoms with Crippen molar-refractivity contribution in [2.75, 3.05) is 31.7 Å². The first kappa shape index (κ1) is 14.8. The molecule has 0 atom stereocenters. The second-order valence-electron chi connectivity index (χ2n) is 4.94. The Labute approximate surface area is 128 Å². The number of hydrogen-bond acceptors (Lipinski definition) is 3. The van der Waals surface area contributed by atoms with E-state index < -0.39 is 0 Å². The van der Waals surface area contributed by atoms with Crippen LogP contribution in [0.4, 0.5) is 5.69 Å². The first-order chi connectivity index (χ1) is 9.09. The summed E-state index contributed by atoms with van der Waals surface area (Å²) in [4.78, 5) is 2.54. The van der Waals surface area contributed by atoms with Crippen molar-refractivity contribution in [2.45, 2.75) is 12.8 Å². The fourth-order valence-electron chi connectivity index (χ4n) is 1.93. The molecule has 0 aromatic heterocycles. The minimum atomic E-state index is 0.410. The lowest BCUT2D eigenvalue weighted by Gasteiger charge is -2.22. The molecule has 1 fully saturated rings. The SMILES string of the molecule is CN(CCOCC1CC1)c1cccc(Br)c1C(N)=S. The van der Waals surface area contributed by atoms with E-state index in [1.54, 1.807) is 0 Å². The topological polar surface area (TPSA) is 38.5 Å². The van der Waals surface area contributed by atoms with Gasteiger partial charge in [-0.25, -0.2) is 0 Å². The first-order valence-corrected chi connectivity index (χ1v) is 7.67. The minimum Gasteiger partial charge on any atom is -0.389 e. The van der Waals surface area contributed by atoms with Crippen molar-refractivity contribution in [2.24, 2.45) is 11.7 Å². The third-order valence-corrected chi connectivity index (χ3v) is 4.14. The van der Waals surface area contributed by atoms with Crippen molar-refractivity contribution in [3.63, 3.8) is 0 Å². The Bertz CT molecular complexity index is 463. The molecule has 1 aromatic rings. The summed E-state index contributed by atoms with van der Waals surface area (Å²) in [5, 5.41) is 0. The second kappa shape index (κ2) is 6.68. The van der Waals surface area contributed by atoms with Crippen LogP contribution in [-0.2, 0) is 4.74 Å². The van der Waals surface area contributed by atoms with E-state index in [1.165, 1.54) is 12.8 Å². The van der Waals surface area contributed by atoms with Gasteiger partial charge >= 0.3 is 0 Å². The number of benzene rings is 1. The van der Waals surface area contributed by atoms with Crippen LogP contribution < -0.4 is 10.6 Å². The highest BCUT2D eigenvalue weighted by molar-refractivity contribution is 9.10. The number of nitrogens with two attached hydrogens (primary N) is 1. The lowest BCUT2D eigenvalue weighted by Crippen LogP contribution is -2.26. The Hall–Kier alpha value is -0.650. The zero-order chi connectivity index (χ0) is 13.8. The van der Waals surface area contributed by atoms with Crippen molar-refractivity contribution in [3.8, 4) is 0 Å². The molecule has 0 saturated heterocycles. The Kier molecular flexibility index (Phi) is 5.19. The van der Waals surface area contributed by atoms with Crippen LogP contribution in [0.15, 0.2) is 22.7 Å². The van der Waals surface area contributed by atoms with Gasteiger partial charge in [0.05, 0.1) is 6.61 Å². The van der Waals surface area contributed by atoms with E-state index >= 15 is 0 Å². The molecule has 2 rings (SSSR count). The van der Waals surface area contributed by atoms with Crippen molar-refractivity contribution in [3.05, 3.63) is 28.2 Å². The lowest BCUT2D eigenvalue weighted by molar-refractivity contribution is 0.131. The molecule has 5 heteroatoms. The van der Waals surface area contributed by atoms with Crippen LogP contribution in [0.3, 0.4) is 0 Å². The largest absolute Gasteiger partial charge is 0.389 e.